The second-order valence-electron chi connectivity index (χ2n) is 9.74. The summed E-state index contributed by atoms with van der Waals surface area (Å²) in [6.45, 7) is 2.48. The molecule has 11 heteroatoms. The molecule has 1 amide bonds. The average molecular weight is 544 g/mol. The van der Waals surface area contributed by atoms with Crippen molar-refractivity contribution < 1.29 is 33.1 Å². The van der Waals surface area contributed by atoms with Gasteiger partial charge in [0.15, 0.2) is 0 Å². The molecular weight excluding hydrogens is 518 g/mol. The number of methoxy groups -OCH3 is 1. The van der Waals surface area contributed by atoms with Gasteiger partial charge in [-0.15, -0.1) is 5.10 Å². The number of carbonyl (C=O) groups excluding carboxylic acids is 2. The minimum atomic E-state index is -1.24. The van der Waals surface area contributed by atoms with Crippen LogP contribution >= 0.6 is 0 Å². The Kier molecular flexibility index (Phi) is 6.13. The largest absolute Gasteiger partial charge is 0.497 e. The summed E-state index contributed by atoms with van der Waals surface area (Å²) >= 11 is 0. The lowest BCUT2D eigenvalue weighted by Gasteiger charge is -2.22. The van der Waals surface area contributed by atoms with Crippen molar-refractivity contribution in [3.8, 4) is 11.5 Å². The van der Waals surface area contributed by atoms with Gasteiger partial charge in [0.1, 0.15) is 17.1 Å². The molecule has 2 heterocycles. The normalized spacial score (nSPS) is 16.4. The molecule has 6 rings (SSSR count). The molecule has 1 atom stereocenters. The van der Waals surface area contributed by atoms with Crippen LogP contribution in [0.15, 0.2) is 52.0 Å². The van der Waals surface area contributed by atoms with E-state index in [-0.39, 0.29) is 22.8 Å². The molecule has 0 N–H and O–H groups in total. The molecule has 1 aromatic heterocycles. The highest BCUT2D eigenvalue weighted by molar-refractivity contribution is 6.01. The van der Waals surface area contributed by atoms with Crippen molar-refractivity contribution in [2.75, 3.05) is 7.11 Å². The van der Waals surface area contributed by atoms with Gasteiger partial charge >= 0.3 is 11.7 Å². The second-order valence-corrected chi connectivity index (χ2v) is 9.74. The number of ether oxygens (including phenoxy) is 3. The SMILES string of the molecule is COc1ccc2cc(C3=NN(C(C)=O)[C@H](c4c(OC(C)=O)c([N+](=O)[O-])cc5oc6c(c45)CCCC6)O3)ccc2c1. The maximum atomic E-state index is 12.9. The van der Waals surface area contributed by atoms with Gasteiger partial charge in [0.25, 0.3) is 0 Å². The van der Waals surface area contributed by atoms with E-state index >= 15 is 0 Å². The van der Waals surface area contributed by atoms with Crippen molar-refractivity contribution in [3.63, 3.8) is 0 Å². The number of amides is 1. The van der Waals surface area contributed by atoms with E-state index in [1.54, 1.807) is 13.2 Å². The maximum absolute atomic E-state index is 12.9. The summed E-state index contributed by atoms with van der Waals surface area (Å²) in [5.41, 5.74) is 1.41. The molecule has 3 aromatic carbocycles. The van der Waals surface area contributed by atoms with E-state index in [0.29, 0.717) is 29.5 Å². The molecule has 0 radical (unpaired) electrons. The predicted molar refractivity (Wildman–Crippen MR) is 144 cm³/mol. The molecule has 0 fully saturated rings. The first-order chi connectivity index (χ1) is 19.2. The fraction of sp³-hybridized carbons (Fsp3) is 0.276. The smallest absolute Gasteiger partial charge is 0.315 e. The molecule has 0 saturated carbocycles. The highest BCUT2D eigenvalue weighted by Gasteiger charge is 2.41. The van der Waals surface area contributed by atoms with Gasteiger partial charge in [-0.3, -0.25) is 19.7 Å². The Morgan fingerprint density at radius 3 is 2.55 bits per heavy atom. The molecule has 0 spiro atoms. The lowest BCUT2D eigenvalue weighted by molar-refractivity contribution is -0.385. The summed E-state index contributed by atoms with van der Waals surface area (Å²) < 4.78 is 23.1. The molecule has 204 valence electrons. The minimum Gasteiger partial charge on any atom is -0.497 e. The van der Waals surface area contributed by atoms with Crippen molar-refractivity contribution >= 4 is 45.2 Å². The molecule has 11 nitrogen and oxygen atoms in total. The van der Waals surface area contributed by atoms with E-state index in [9.17, 15) is 19.7 Å². The first kappa shape index (κ1) is 25.4. The predicted octanol–water partition coefficient (Wildman–Crippen LogP) is 5.55. The fourth-order valence-electron chi connectivity index (χ4n) is 5.40. The molecule has 1 aliphatic heterocycles. The van der Waals surface area contributed by atoms with Crippen molar-refractivity contribution in [1.29, 1.82) is 0 Å². The number of esters is 1. The van der Waals surface area contributed by atoms with Gasteiger partial charge in [-0.25, -0.2) is 0 Å². The summed E-state index contributed by atoms with van der Waals surface area (Å²) in [6.07, 6.45) is 1.92. The summed E-state index contributed by atoms with van der Waals surface area (Å²) in [7, 11) is 1.60. The standard InChI is InChI=1S/C29H25N3O8/c1-15(33)31-29(40-28(30-31)19-9-8-18-13-20(37-3)11-10-17(18)12-19)26-25-21-6-4-5-7-23(21)39-24(25)14-22(32(35)36)27(26)38-16(2)34/h8-14,29H,4-7H2,1-3H3/t29-/m0/s1. The monoisotopic (exact) mass is 543 g/mol. The highest BCUT2D eigenvalue weighted by atomic mass is 16.6. The number of nitro groups is 1. The summed E-state index contributed by atoms with van der Waals surface area (Å²) in [4.78, 5) is 36.5. The van der Waals surface area contributed by atoms with Crippen LogP contribution in [0.4, 0.5) is 5.69 Å². The van der Waals surface area contributed by atoms with E-state index in [0.717, 1.165) is 46.9 Å². The fourth-order valence-corrected chi connectivity index (χ4v) is 5.40. The third-order valence-corrected chi connectivity index (χ3v) is 7.16. The molecule has 2 aliphatic rings. The van der Waals surface area contributed by atoms with Gasteiger partial charge in [0.05, 0.1) is 23.7 Å². The zero-order valence-electron chi connectivity index (χ0n) is 22.1. The highest BCUT2D eigenvalue weighted by Crippen LogP contribution is 2.48. The molecule has 1 aliphatic carbocycles. The van der Waals surface area contributed by atoms with Crippen LogP contribution in [0.3, 0.4) is 0 Å². The number of hydrogen-bond acceptors (Lipinski definition) is 9. The Bertz CT molecular complexity index is 1760. The Hall–Kier alpha value is -4.93. The van der Waals surface area contributed by atoms with E-state index < -0.39 is 28.7 Å². The van der Waals surface area contributed by atoms with Gasteiger partial charge in [-0.2, -0.15) is 5.01 Å². The van der Waals surface area contributed by atoms with Crippen LogP contribution in [0.1, 0.15) is 55.4 Å². The Morgan fingerprint density at radius 1 is 1.07 bits per heavy atom. The first-order valence-electron chi connectivity index (χ1n) is 12.8. The molecule has 0 saturated heterocycles. The Labute approximate surface area is 228 Å². The average Bonchev–Trinajstić information content (AvgIpc) is 3.54. The van der Waals surface area contributed by atoms with Crippen molar-refractivity contribution in [2.45, 2.75) is 45.8 Å². The first-order valence-corrected chi connectivity index (χ1v) is 12.8. The van der Waals surface area contributed by atoms with Crippen molar-refractivity contribution in [1.82, 2.24) is 5.01 Å². The zero-order valence-corrected chi connectivity index (χ0v) is 22.1. The second kappa shape index (κ2) is 9.67. The van der Waals surface area contributed by atoms with Gasteiger partial charge in [0, 0.05) is 36.8 Å². The third-order valence-electron chi connectivity index (χ3n) is 7.16. The van der Waals surface area contributed by atoms with E-state index in [4.69, 9.17) is 18.6 Å². The van der Waals surface area contributed by atoms with Crippen LogP contribution in [-0.2, 0) is 27.2 Å². The van der Waals surface area contributed by atoms with Crippen molar-refractivity contribution in [3.05, 3.63) is 75.0 Å². The topological polar surface area (TPSA) is 134 Å². The third kappa shape index (κ3) is 4.19. The number of carbonyl (C=O) groups is 2. The quantitative estimate of drug-likeness (QED) is 0.139. The van der Waals surface area contributed by atoms with Gasteiger partial charge in [-0.05, 0) is 54.3 Å². The van der Waals surface area contributed by atoms with Gasteiger partial charge in [-0.1, -0.05) is 12.1 Å². The van der Waals surface area contributed by atoms with Gasteiger partial charge in [0.2, 0.25) is 23.8 Å². The lowest BCUT2D eigenvalue weighted by atomic mass is 9.92. The molecule has 40 heavy (non-hydrogen) atoms. The van der Waals surface area contributed by atoms with Crippen LogP contribution in [0.25, 0.3) is 21.7 Å². The number of benzene rings is 3. The molecule has 0 bridgehead atoms. The van der Waals surface area contributed by atoms with Crippen molar-refractivity contribution in [2.24, 2.45) is 5.10 Å². The number of rotatable bonds is 5. The molecular formula is C29H25N3O8. The Balaban J connectivity index is 1.54. The van der Waals surface area contributed by atoms with E-state index in [2.05, 4.69) is 5.10 Å². The lowest BCUT2D eigenvalue weighted by Crippen LogP contribution is -2.26. The minimum absolute atomic E-state index is 0.142. The number of nitrogens with zero attached hydrogens (tertiary/aromatic N) is 3. The van der Waals surface area contributed by atoms with Crippen LogP contribution in [0, 0.1) is 10.1 Å². The number of fused-ring (bicyclic) bond motifs is 4. The molecule has 0 unspecified atom stereocenters. The Morgan fingerprint density at radius 2 is 1.82 bits per heavy atom. The van der Waals surface area contributed by atoms with Gasteiger partial charge < -0.3 is 18.6 Å². The summed E-state index contributed by atoms with van der Waals surface area (Å²) in [6, 6.07) is 12.4. The van der Waals surface area contributed by atoms with E-state index in [1.165, 1.54) is 13.0 Å². The maximum Gasteiger partial charge on any atom is 0.315 e. The number of hydrogen-bond donors (Lipinski definition) is 0. The summed E-state index contributed by atoms with van der Waals surface area (Å²) in [5, 5.41) is 20.1. The van der Waals surface area contributed by atoms with Crippen LogP contribution in [0.2, 0.25) is 0 Å². The van der Waals surface area contributed by atoms with Crippen LogP contribution in [0.5, 0.6) is 11.5 Å². The number of nitro benzene ring substituents is 1. The zero-order chi connectivity index (χ0) is 28.1. The van der Waals surface area contributed by atoms with Crippen LogP contribution < -0.4 is 9.47 Å². The summed E-state index contributed by atoms with van der Waals surface area (Å²) in [5.74, 6) is 0.0703. The number of furan rings is 1. The van der Waals surface area contributed by atoms with E-state index in [1.807, 2.05) is 30.3 Å². The number of hydrazone groups is 1. The van der Waals surface area contributed by atoms with Crippen LogP contribution in [-0.4, -0.2) is 34.8 Å². The molecule has 4 aromatic rings. The number of aryl methyl sites for hydroxylation is 2.